The third-order valence-electron chi connectivity index (χ3n) is 9.21. The highest BCUT2D eigenvalue weighted by atomic mass is 14.9. The van der Waals surface area contributed by atoms with Crippen LogP contribution < -0.4 is 0 Å². The summed E-state index contributed by atoms with van der Waals surface area (Å²) in [6.07, 6.45) is 3.63. The molecule has 0 aliphatic carbocycles. The van der Waals surface area contributed by atoms with Gasteiger partial charge < -0.3 is 0 Å². The van der Waals surface area contributed by atoms with Gasteiger partial charge in [0.1, 0.15) is 0 Å². The summed E-state index contributed by atoms with van der Waals surface area (Å²) >= 11 is 0. The van der Waals surface area contributed by atoms with Gasteiger partial charge in [0.25, 0.3) is 0 Å². The molecule has 0 spiro atoms. The first-order valence-corrected chi connectivity index (χ1v) is 16.2. The molecule has 0 N–H and O–H groups in total. The first-order valence-electron chi connectivity index (χ1n) is 16.2. The molecule has 0 saturated carbocycles. The summed E-state index contributed by atoms with van der Waals surface area (Å²) in [6.45, 7) is 0. The number of pyridine rings is 1. The van der Waals surface area contributed by atoms with Gasteiger partial charge in [-0.3, -0.25) is 4.98 Å². The topological polar surface area (TPSA) is 38.7 Å². The molecule has 7 aromatic carbocycles. The van der Waals surface area contributed by atoms with E-state index in [2.05, 4.69) is 138 Å². The molecule has 0 atom stereocenters. The van der Waals surface area contributed by atoms with Crippen LogP contribution in [0.3, 0.4) is 0 Å². The molecule has 0 fully saturated rings. The maximum Gasteiger partial charge on any atom is 0.160 e. The molecule has 3 heteroatoms. The molecular weight excluding hydrogens is 583 g/mol. The van der Waals surface area contributed by atoms with E-state index in [9.17, 15) is 0 Å². The van der Waals surface area contributed by atoms with Gasteiger partial charge in [-0.15, -0.1) is 0 Å². The van der Waals surface area contributed by atoms with Crippen LogP contribution in [0.25, 0.3) is 88.5 Å². The molecule has 0 radical (unpaired) electrons. The lowest BCUT2D eigenvalue weighted by Gasteiger charge is -2.13. The Labute approximate surface area is 278 Å². The Kier molecular flexibility index (Phi) is 6.80. The summed E-state index contributed by atoms with van der Waals surface area (Å²) < 4.78 is 0. The molecule has 0 amide bonds. The fraction of sp³-hybridized carbons (Fsp3) is 0. The molecular formula is C45H29N3. The largest absolute Gasteiger partial charge is 0.265 e. The second kappa shape index (κ2) is 11.7. The Morgan fingerprint density at radius 1 is 0.271 bits per heavy atom. The van der Waals surface area contributed by atoms with Crippen molar-refractivity contribution in [3.63, 3.8) is 0 Å². The zero-order valence-electron chi connectivity index (χ0n) is 26.1. The van der Waals surface area contributed by atoms with Crippen molar-refractivity contribution in [1.29, 1.82) is 0 Å². The molecule has 2 aromatic heterocycles. The number of benzene rings is 7. The number of rotatable bonds is 5. The van der Waals surface area contributed by atoms with Gasteiger partial charge in [0.2, 0.25) is 0 Å². The van der Waals surface area contributed by atoms with Gasteiger partial charge in [-0.25, -0.2) is 9.97 Å². The van der Waals surface area contributed by atoms with Crippen LogP contribution in [0.5, 0.6) is 0 Å². The van der Waals surface area contributed by atoms with Gasteiger partial charge in [-0.2, -0.15) is 0 Å². The van der Waals surface area contributed by atoms with Crippen molar-refractivity contribution in [2.75, 3.05) is 0 Å². The van der Waals surface area contributed by atoms with Crippen molar-refractivity contribution in [3.05, 3.63) is 176 Å². The Bertz CT molecular complexity index is 2540. The van der Waals surface area contributed by atoms with Crippen molar-refractivity contribution >= 4 is 32.3 Å². The highest BCUT2D eigenvalue weighted by Gasteiger charge is 2.13. The van der Waals surface area contributed by atoms with Crippen LogP contribution in [0.15, 0.2) is 176 Å². The standard InChI is InChI=1S/C45H29N3/c1-2-8-33(9-3-1)43-29-44(48-45(47-43)35-20-16-30(17-21-35)32-24-26-46-27-25-32)34-18-14-31(15-19-34)36-22-23-41-39-12-5-4-10-37(39)38-11-6-7-13-40(38)42(41)28-36/h1-29H. The van der Waals surface area contributed by atoms with Crippen LogP contribution in [0.1, 0.15) is 0 Å². The smallest absolute Gasteiger partial charge is 0.160 e. The van der Waals surface area contributed by atoms with Gasteiger partial charge in [-0.1, -0.05) is 140 Å². The lowest BCUT2D eigenvalue weighted by molar-refractivity contribution is 1.18. The molecule has 48 heavy (non-hydrogen) atoms. The van der Waals surface area contributed by atoms with E-state index in [1.165, 1.54) is 43.4 Å². The summed E-state index contributed by atoms with van der Waals surface area (Å²) in [6, 6.07) is 57.9. The van der Waals surface area contributed by atoms with E-state index in [0.717, 1.165) is 39.2 Å². The van der Waals surface area contributed by atoms with E-state index in [1.807, 2.05) is 42.7 Å². The Hall–Kier alpha value is -6.45. The molecule has 3 nitrogen and oxygen atoms in total. The third kappa shape index (κ3) is 4.99. The van der Waals surface area contributed by atoms with E-state index in [4.69, 9.17) is 9.97 Å². The SMILES string of the molecule is c1ccc(-c2cc(-c3ccc(-c4ccc5c6ccccc6c6ccccc6c5c4)cc3)nc(-c3ccc(-c4ccncc4)cc3)n2)cc1. The lowest BCUT2D eigenvalue weighted by atomic mass is 9.92. The van der Waals surface area contributed by atoms with Crippen molar-refractivity contribution in [2.24, 2.45) is 0 Å². The number of hydrogen-bond donors (Lipinski definition) is 0. The maximum absolute atomic E-state index is 5.09. The highest BCUT2D eigenvalue weighted by Crippen LogP contribution is 2.37. The predicted octanol–water partition coefficient (Wildman–Crippen LogP) is 11.7. The van der Waals surface area contributed by atoms with Crippen molar-refractivity contribution < 1.29 is 0 Å². The van der Waals surface area contributed by atoms with Crippen LogP contribution in [-0.4, -0.2) is 15.0 Å². The predicted molar refractivity (Wildman–Crippen MR) is 200 cm³/mol. The Morgan fingerprint density at radius 2 is 0.688 bits per heavy atom. The monoisotopic (exact) mass is 611 g/mol. The van der Waals surface area contributed by atoms with E-state index < -0.39 is 0 Å². The summed E-state index contributed by atoms with van der Waals surface area (Å²) in [5.74, 6) is 0.699. The first-order chi connectivity index (χ1) is 23.8. The zero-order chi connectivity index (χ0) is 31.9. The number of hydrogen-bond acceptors (Lipinski definition) is 3. The second-order valence-corrected chi connectivity index (χ2v) is 12.1. The highest BCUT2D eigenvalue weighted by molar-refractivity contribution is 6.25. The number of aromatic nitrogens is 3. The van der Waals surface area contributed by atoms with Gasteiger partial charge in [-0.05, 0) is 78.8 Å². The lowest BCUT2D eigenvalue weighted by Crippen LogP contribution is -1.96. The van der Waals surface area contributed by atoms with Gasteiger partial charge in [0, 0.05) is 29.1 Å². The van der Waals surface area contributed by atoms with Gasteiger partial charge in [0.05, 0.1) is 11.4 Å². The molecule has 0 aliphatic heterocycles. The molecule has 0 saturated heterocycles. The van der Waals surface area contributed by atoms with E-state index >= 15 is 0 Å². The van der Waals surface area contributed by atoms with Crippen molar-refractivity contribution in [1.82, 2.24) is 15.0 Å². The van der Waals surface area contributed by atoms with Crippen LogP contribution in [0, 0.1) is 0 Å². The second-order valence-electron chi connectivity index (χ2n) is 12.1. The third-order valence-corrected chi connectivity index (χ3v) is 9.21. The minimum absolute atomic E-state index is 0.699. The molecule has 9 aromatic rings. The first kappa shape index (κ1) is 27.8. The fourth-order valence-electron chi connectivity index (χ4n) is 6.76. The molecule has 0 bridgehead atoms. The summed E-state index contributed by atoms with van der Waals surface area (Å²) in [7, 11) is 0. The summed E-state index contributed by atoms with van der Waals surface area (Å²) in [4.78, 5) is 14.3. The minimum Gasteiger partial charge on any atom is -0.265 e. The van der Waals surface area contributed by atoms with Crippen LogP contribution in [0.2, 0.25) is 0 Å². The molecule has 224 valence electrons. The molecule has 9 rings (SSSR count). The zero-order valence-corrected chi connectivity index (χ0v) is 26.1. The minimum atomic E-state index is 0.699. The maximum atomic E-state index is 5.09. The van der Waals surface area contributed by atoms with Crippen LogP contribution in [0.4, 0.5) is 0 Å². The molecule has 0 aliphatic rings. The van der Waals surface area contributed by atoms with E-state index in [-0.39, 0.29) is 0 Å². The van der Waals surface area contributed by atoms with Crippen molar-refractivity contribution in [3.8, 4) is 56.2 Å². The Morgan fingerprint density at radius 3 is 1.29 bits per heavy atom. The van der Waals surface area contributed by atoms with Crippen LogP contribution in [-0.2, 0) is 0 Å². The van der Waals surface area contributed by atoms with Gasteiger partial charge in [0.15, 0.2) is 5.82 Å². The Balaban J connectivity index is 1.11. The average Bonchev–Trinajstić information content (AvgIpc) is 3.18. The normalized spacial score (nSPS) is 11.3. The fourth-order valence-corrected chi connectivity index (χ4v) is 6.76. The van der Waals surface area contributed by atoms with Crippen LogP contribution >= 0.6 is 0 Å². The van der Waals surface area contributed by atoms with E-state index in [1.54, 1.807) is 0 Å². The summed E-state index contributed by atoms with van der Waals surface area (Å²) in [5.41, 5.74) is 9.48. The molecule has 0 unspecified atom stereocenters. The van der Waals surface area contributed by atoms with E-state index in [0.29, 0.717) is 5.82 Å². The number of nitrogens with zero attached hydrogens (tertiary/aromatic N) is 3. The van der Waals surface area contributed by atoms with Crippen molar-refractivity contribution in [2.45, 2.75) is 0 Å². The molecule has 2 heterocycles. The number of fused-ring (bicyclic) bond motifs is 6. The summed E-state index contributed by atoms with van der Waals surface area (Å²) in [5, 5.41) is 7.69. The average molecular weight is 612 g/mol. The van der Waals surface area contributed by atoms with Gasteiger partial charge >= 0.3 is 0 Å². The quantitative estimate of drug-likeness (QED) is 0.182.